The largest absolute Gasteiger partial charge is 0.469 e. The van der Waals surface area contributed by atoms with Crippen LogP contribution in [0.1, 0.15) is 17.8 Å². The molecule has 1 saturated heterocycles. The lowest BCUT2D eigenvalue weighted by Gasteiger charge is -2.17. The van der Waals surface area contributed by atoms with Crippen molar-refractivity contribution in [1.29, 1.82) is 0 Å². The minimum Gasteiger partial charge on any atom is -0.469 e. The molecule has 3 aromatic rings. The van der Waals surface area contributed by atoms with E-state index in [0.717, 1.165) is 0 Å². The van der Waals surface area contributed by atoms with E-state index in [-0.39, 0.29) is 4.64 Å². The molecule has 12 nitrogen and oxygen atoms in total. The number of furan rings is 1. The van der Waals surface area contributed by atoms with Crippen LogP contribution in [0.25, 0.3) is 11.2 Å². The first kappa shape index (κ1) is 20.3. The molecular weight excluding hydrogens is 427 g/mol. The number of aromatic nitrogens is 4. The van der Waals surface area contributed by atoms with Gasteiger partial charge >= 0.3 is 7.82 Å². The molecule has 14 heteroatoms. The second kappa shape index (κ2) is 7.70. The molecule has 29 heavy (non-hydrogen) atoms. The normalized spacial score (nSPS) is 25.1. The van der Waals surface area contributed by atoms with Gasteiger partial charge < -0.3 is 34.1 Å². The summed E-state index contributed by atoms with van der Waals surface area (Å²) < 4.78 is 27.8. The molecule has 0 bridgehead atoms. The molecule has 5 N–H and O–H groups in total. The van der Waals surface area contributed by atoms with Crippen molar-refractivity contribution in [3.05, 3.63) is 40.9 Å². The van der Waals surface area contributed by atoms with Crippen molar-refractivity contribution in [1.82, 2.24) is 19.5 Å². The molecule has 1 aliphatic heterocycles. The number of aliphatic hydroxyl groups excluding tert-OH is 2. The molecule has 0 radical (unpaired) electrons. The van der Waals surface area contributed by atoms with Gasteiger partial charge in [0.25, 0.3) is 0 Å². The summed E-state index contributed by atoms with van der Waals surface area (Å²) in [5, 5.41) is 20.6. The first-order valence-corrected chi connectivity index (χ1v) is 10.4. The van der Waals surface area contributed by atoms with Crippen molar-refractivity contribution in [2.45, 2.75) is 31.0 Å². The van der Waals surface area contributed by atoms with Gasteiger partial charge in [-0.05, 0) is 12.1 Å². The number of nitrogens with zero attached hydrogens (tertiary/aromatic N) is 3. The molecule has 0 saturated carbocycles. The maximum Gasteiger partial charge on any atom is 0.469 e. The highest BCUT2D eigenvalue weighted by atomic mass is 32.1. The second-order valence-corrected chi connectivity index (χ2v) is 8.05. The fourth-order valence-electron chi connectivity index (χ4n) is 3.10. The summed E-state index contributed by atoms with van der Waals surface area (Å²) in [6.45, 7) is -0.604. The number of H-pyrrole nitrogens is 1. The van der Waals surface area contributed by atoms with Crippen molar-refractivity contribution in [2.75, 3.05) is 6.61 Å². The van der Waals surface area contributed by atoms with Crippen LogP contribution in [0.5, 0.6) is 0 Å². The second-order valence-electron chi connectivity index (χ2n) is 6.43. The fourth-order valence-corrected chi connectivity index (χ4v) is 3.70. The molecule has 0 aromatic carbocycles. The van der Waals surface area contributed by atoms with Crippen LogP contribution >= 0.6 is 20.0 Å². The molecule has 0 unspecified atom stereocenters. The SMILES string of the molecule is O=P(O)(O)OC[C@H]1O[C@@H](n2cnc3c(=S)nc(Cc4ccco4)[nH]c32)[C@H](O)[C@@H]1O. The lowest BCUT2D eigenvalue weighted by molar-refractivity contribution is -0.0504. The summed E-state index contributed by atoms with van der Waals surface area (Å²) in [4.78, 5) is 29.2. The topological polar surface area (TPSA) is 176 Å². The van der Waals surface area contributed by atoms with Gasteiger partial charge in [0.15, 0.2) is 10.9 Å². The standard InChI is InChI=1S/C15H17N4O8PS/c20-11-8(5-26-28(22,23)24)27-15(12(11)21)19-6-16-10-13(19)17-9(18-14(10)29)4-7-2-1-3-25-7/h1-3,6,8,11-12,15,20-21H,4-5H2,(H,17,18,29)(H2,22,23,24)/t8-,11-,12-,15-/m1/s1. The molecule has 4 rings (SSSR count). The summed E-state index contributed by atoms with van der Waals surface area (Å²) >= 11 is 5.29. The third-order valence-electron chi connectivity index (χ3n) is 4.44. The van der Waals surface area contributed by atoms with Crippen LogP contribution < -0.4 is 0 Å². The predicted octanol–water partition coefficient (Wildman–Crippen LogP) is 0.401. The number of aliphatic hydroxyl groups is 2. The molecule has 0 aliphatic carbocycles. The lowest BCUT2D eigenvalue weighted by atomic mass is 10.1. The Bertz CT molecular complexity index is 1110. The molecule has 4 atom stereocenters. The van der Waals surface area contributed by atoms with Crippen molar-refractivity contribution >= 4 is 31.2 Å². The van der Waals surface area contributed by atoms with Gasteiger partial charge in [-0.3, -0.25) is 9.09 Å². The molecule has 1 fully saturated rings. The third kappa shape index (κ3) is 4.17. The van der Waals surface area contributed by atoms with Crippen LogP contribution in [0.3, 0.4) is 0 Å². The Labute approximate surface area is 168 Å². The quantitative estimate of drug-likeness (QED) is 0.263. The van der Waals surface area contributed by atoms with Crippen molar-refractivity contribution < 1.29 is 38.2 Å². The van der Waals surface area contributed by atoms with Gasteiger partial charge in [-0.2, -0.15) is 0 Å². The van der Waals surface area contributed by atoms with E-state index >= 15 is 0 Å². The van der Waals surface area contributed by atoms with E-state index in [2.05, 4.69) is 19.5 Å². The van der Waals surface area contributed by atoms with E-state index in [1.165, 1.54) is 17.2 Å². The average molecular weight is 444 g/mol. The Morgan fingerprint density at radius 1 is 1.34 bits per heavy atom. The van der Waals surface area contributed by atoms with Gasteiger partial charge in [0, 0.05) is 0 Å². The molecule has 0 amide bonds. The number of imidazole rings is 1. The van der Waals surface area contributed by atoms with Gasteiger partial charge in [0.05, 0.1) is 25.6 Å². The minimum absolute atomic E-state index is 0.230. The van der Waals surface area contributed by atoms with E-state index < -0.39 is 39.0 Å². The van der Waals surface area contributed by atoms with E-state index in [1.54, 1.807) is 12.1 Å². The van der Waals surface area contributed by atoms with Crippen molar-refractivity contribution in [2.24, 2.45) is 0 Å². The molecule has 156 valence electrons. The van der Waals surface area contributed by atoms with E-state index in [9.17, 15) is 14.8 Å². The van der Waals surface area contributed by atoms with E-state index in [1.807, 2.05) is 0 Å². The maximum absolute atomic E-state index is 10.9. The predicted molar refractivity (Wildman–Crippen MR) is 98.1 cm³/mol. The Morgan fingerprint density at radius 3 is 2.83 bits per heavy atom. The number of rotatable bonds is 6. The molecule has 4 heterocycles. The first-order chi connectivity index (χ1) is 13.7. The van der Waals surface area contributed by atoms with Crippen LogP contribution in [0.4, 0.5) is 0 Å². The highest BCUT2D eigenvalue weighted by Gasteiger charge is 2.45. The smallest absolute Gasteiger partial charge is 0.469 e. The first-order valence-electron chi connectivity index (χ1n) is 8.43. The number of nitrogens with one attached hydrogen (secondary N) is 1. The van der Waals surface area contributed by atoms with Crippen LogP contribution in [0.2, 0.25) is 0 Å². The lowest BCUT2D eigenvalue weighted by Crippen LogP contribution is -2.33. The van der Waals surface area contributed by atoms with Crippen molar-refractivity contribution in [3.8, 4) is 0 Å². The number of hydrogen-bond donors (Lipinski definition) is 5. The third-order valence-corrected chi connectivity index (χ3v) is 5.21. The minimum atomic E-state index is -4.75. The molecule has 1 aliphatic rings. The van der Waals surface area contributed by atoms with Crippen LogP contribution in [0, 0.1) is 4.64 Å². The van der Waals surface area contributed by atoms with Gasteiger partial charge in [0.2, 0.25) is 0 Å². The van der Waals surface area contributed by atoms with Crippen LogP contribution in [0.15, 0.2) is 29.1 Å². The maximum atomic E-state index is 10.9. The highest BCUT2D eigenvalue weighted by Crippen LogP contribution is 2.38. The highest BCUT2D eigenvalue weighted by molar-refractivity contribution is 7.71. The molecular formula is C15H17N4O8PS. The van der Waals surface area contributed by atoms with Crippen molar-refractivity contribution in [3.63, 3.8) is 0 Å². The average Bonchev–Trinajstić information content (AvgIpc) is 3.35. The van der Waals surface area contributed by atoms with E-state index in [0.29, 0.717) is 29.2 Å². The number of phosphoric ester groups is 1. The summed E-state index contributed by atoms with van der Waals surface area (Å²) in [5.41, 5.74) is 0.766. The van der Waals surface area contributed by atoms with Crippen LogP contribution in [-0.2, 0) is 20.2 Å². The number of fused-ring (bicyclic) bond motifs is 1. The zero-order chi connectivity index (χ0) is 20.8. The Morgan fingerprint density at radius 2 is 2.14 bits per heavy atom. The van der Waals surface area contributed by atoms with E-state index in [4.69, 9.17) is 31.2 Å². The zero-order valence-electron chi connectivity index (χ0n) is 14.7. The number of aromatic amines is 1. The summed E-state index contributed by atoms with van der Waals surface area (Å²) in [6, 6.07) is 3.53. The summed E-state index contributed by atoms with van der Waals surface area (Å²) in [5.74, 6) is 1.16. The van der Waals surface area contributed by atoms with Gasteiger partial charge in [-0.15, -0.1) is 0 Å². The fraction of sp³-hybridized carbons (Fsp3) is 0.400. The summed E-state index contributed by atoms with van der Waals surface area (Å²) in [6.07, 6.45) is -1.85. The number of ether oxygens (including phenoxy) is 1. The molecule has 3 aromatic heterocycles. The Hall–Kier alpha value is -1.96. The van der Waals surface area contributed by atoms with Crippen LogP contribution in [-0.4, -0.2) is 64.4 Å². The number of phosphoric acid groups is 1. The Balaban J connectivity index is 1.64. The van der Waals surface area contributed by atoms with Gasteiger partial charge in [0.1, 0.15) is 41.1 Å². The van der Waals surface area contributed by atoms with Gasteiger partial charge in [-0.1, -0.05) is 12.2 Å². The number of hydrogen-bond acceptors (Lipinski definition) is 9. The zero-order valence-corrected chi connectivity index (χ0v) is 16.4. The monoisotopic (exact) mass is 444 g/mol. The molecule has 0 spiro atoms. The summed E-state index contributed by atoms with van der Waals surface area (Å²) in [7, 11) is -4.75. The van der Waals surface area contributed by atoms with Gasteiger partial charge in [-0.25, -0.2) is 14.5 Å². The Kier molecular flexibility index (Phi) is 5.40.